The van der Waals surface area contributed by atoms with Gasteiger partial charge in [0.25, 0.3) is 0 Å². The molecule has 0 atom stereocenters. The van der Waals surface area contributed by atoms with Crippen LogP contribution in [0, 0.1) is 0 Å². The largest absolute Gasteiger partial charge is 0.573 e. The summed E-state index contributed by atoms with van der Waals surface area (Å²) >= 11 is 0. The van der Waals surface area contributed by atoms with Crippen molar-refractivity contribution in [3.8, 4) is 17.0 Å². The smallest absolute Gasteiger partial charge is 0.406 e. The second kappa shape index (κ2) is 5.45. The number of oxazole rings is 1. The molecule has 0 N–H and O–H groups in total. The van der Waals surface area contributed by atoms with Gasteiger partial charge in [0, 0.05) is 12.1 Å². The molecule has 0 saturated heterocycles. The first-order chi connectivity index (χ1) is 10.9. The van der Waals surface area contributed by atoms with Crippen LogP contribution in [0.1, 0.15) is 6.92 Å². The highest BCUT2D eigenvalue weighted by Gasteiger charge is 2.30. The van der Waals surface area contributed by atoms with Gasteiger partial charge in [0.15, 0.2) is 11.2 Å². The second-order valence-electron chi connectivity index (χ2n) is 4.70. The quantitative estimate of drug-likeness (QED) is 0.739. The van der Waals surface area contributed by atoms with Gasteiger partial charge in [-0.25, -0.2) is 9.78 Å². The van der Waals surface area contributed by atoms with Crippen LogP contribution in [0.3, 0.4) is 0 Å². The van der Waals surface area contributed by atoms with Gasteiger partial charge >= 0.3 is 12.1 Å². The number of ether oxygens (including phenoxy) is 1. The molecule has 3 rings (SSSR count). The Hall–Kier alpha value is -2.77. The van der Waals surface area contributed by atoms with Crippen LogP contribution in [0.2, 0.25) is 0 Å². The molecule has 0 radical (unpaired) electrons. The average Bonchev–Trinajstić information content (AvgIpc) is 2.80. The lowest BCUT2D eigenvalue weighted by atomic mass is 10.1. The lowest BCUT2D eigenvalue weighted by Gasteiger charge is -2.09. The number of rotatable bonds is 3. The minimum absolute atomic E-state index is 0.309. The third-order valence-corrected chi connectivity index (χ3v) is 3.21. The van der Waals surface area contributed by atoms with Crippen molar-refractivity contribution in [2.75, 3.05) is 0 Å². The number of aromatic nitrogens is 2. The number of halogens is 3. The van der Waals surface area contributed by atoms with Crippen molar-refractivity contribution in [2.24, 2.45) is 0 Å². The van der Waals surface area contributed by atoms with Gasteiger partial charge in [0.2, 0.25) is 0 Å². The molecule has 3 aromatic rings. The Balaban J connectivity index is 1.98. The molecular formula is C15H11F3N2O3. The molecule has 1 aromatic carbocycles. The molecule has 0 aliphatic carbocycles. The van der Waals surface area contributed by atoms with Crippen molar-refractivity contribution in [1.82, 2.24) is 9.55 Å². The van der Waals surface area contributed by atoms with Crippen LogP contribution in [0.4, 0.5) is 13.2 Å². The summed E-state index contributed by atoms with van der Waals surface area (Å²) in [6.45, 7) is 2.19. The maximum absolute atomic E-state index is 12.1. The van der Waals surface area contributed by atoms with E-state index in [9.17, 15) is 18.0 Å². The molecule has 2 heterocycles. The minimum Gasteiger partial charge on any atom is -0.406 e. The SMILES string of the molecule is CCn1c(=O)oc2ccc(-c3ccc(OC(F)(F)F)cc3)nc21. The number of aryl methyl sites for hydroxylation is 1. The van der Waals surface area contributed by atoms with Crippen LogP contribution in [0.25, 0.3) is 22.5 Å². The van der Waals surface area contributed by atoms with E-state index in [-0.39, 0.29) is 5.75 Å². The maximum atomic E-state index is 12.1. The Morgan fingerprint density at radius 1 is 1.17 bits per heavy atom. The minimum atomic E-state index is -4.73. The molecule has 0 aliphatic heterocycles. The third-order valence-electron chi connectivity index (χ3n) is 3.21. The first-order valence-corrected chi connectivity index (χ1v) is 6.74. The van der Waals surface area contributed by atoms with E-state index < -0.39 is 12.1 Å². The molecule has 0 saturated carbocycles. The van der Waals surface area contributed by atoms with Gasteiger partial charge in [-0.1, -0.05) is 0 Å². The maximum Gasteiger partial charge on any atom is 0.573 e. The normalized spacial score (nSPS) is 11.8. The molecule has 2 aromatic heterocycles. The van der Waals surface area contributed by atoms with Gasteiger partial charge in [-0.3, -0.25) is 4.57 Å². The molecule has 0 amide bonds. The van der Waals surface area contributed by atoms with Crippen molar-refractivity contribution in [3.63, 3.8) is 0 Å². The molecule has 0 spiro atoms. The molecule has 5 nitrogen and oxygen atoms in total. The first-order valence-electron chi connectivity index (χ1n) is 6.74. The van der Waals surface area contributed by atoms with Crippen molar-refractivity contribution in [1.29, 1.82) is 0 Å². The van der Waals surface area contributed by atoms with Crippen molar-refractivity contribution < 1.29 is 22.3 Å². The van der Waals surface area contributed by atoms with Gasteiger partial charge in [0.1, 0.15) is 5.75 Å². The summed E-state index contributed by atoms with van der Waals surface area (Å²) in [6.07, 6.45) is -4.73. The molecule has 8 heteroatoms. The molecule has 0 aliphatic rings. The number of hydrogen-bond donors (Lipinski definition) is 0. The van der Waals surface area contributed by atoms with E-state index in [2.05, 4.69) is 9.72 Å². The second-order valence-corrected chi connectivity index (χ2v) is 4.70. The van der Waals surface area contributed by atoms with Gasteiger partial charge in [-0.15, -0.1) is 13.2 Å². The summed E-state index contributed by atoms with van der Waals surface area (Å²) in [5.41, 5.74) is 1.86. The molecule has 0 fully saturated rings. The van der Waals surface area contributed by atoms with Gasteiger partial charge < -0.3 is 9.15 Å². The number of pyridine rings is 1. The standard InChI is InChI=1S/C15H11F3N2O3/c1-2-20-13-12(22-14(20)21)8-7-11(19-13)9-3-5-10(6-4-9)23-15(16,17)18/h3-8H,2H2,1H3. The van der Waals surface area contributed by atoms with Crippen LogP contribution < -0.4 is 10.5 Å². The van der Waals surface area contributed by atoms with E-state index in [0.29, 0.717) is 29.0 Å². The number of alkyl halides is 3. The fraction of sp³-hybridized carbons (Fsp3) is 0.200. The van der Waals surface area contributed by atoms with Crippen LogP contribution in [-0.4, -0.2) is 15.9 Å². The monoisotopic (exact) mass is 324 g/mol. The Morgan fingerprint density at radius 2 is 1.87 bits per heavy atom. The number of benzene rings is 1. The van der Waals surface area contributed by atoms with E-state index in [1.807, 2.05) is 0 Å². The zero-order chi connectivity index (χ0) is 16.6. The number of fused-ring (bicyclic) bond motifs is 1. The first kappa shape index (κ1) is 15.1. The summed E-state index contributed by atoms with van der Waals surface area (Å²) in [7, 11) is 0. The topological polar surface area (TPSA) is 57.3 Å². The lowest BCUT2D eigenvalue weighted by molar-refractivity contribution is -0.274. The Morgan fingerprint density at radius 3 is 2.48 bits per heavy atom. The molecular weight excluding hydrogens is 313 g/mol. The fourth-order valence-electron chi connectivity index (χ4n) is 2.21. The Bertz CT molecular complexity index is 895. The predicted octanol–water partition coefficient (Wildman–Crippen LogP) is 3.58. The summed E-state index contributed by atoms with van der Waals surface area (Å²) in [6, 6.07) is 8.57. The summed E-state index contributed by atoms with van der Waals surface area (Å²) in [5.74, 6) is -0.808. The molecule has 0 unspecified atom stereocenters. The van der Waals surface area contributed by atoms with Crippen LogP contribution in [0.15, 0.2) is 45.6 Å². The van der Waals surface area contributed by atoms with Crippen molar-refractivity contribution in [2.45, 2.75) is 19.8 Å². The van der Waals surface area contributed by atoms with E-state index in [4.69, 9.17) is 4.42 Å². The van der Waals surface area contributed by atoms with Crippen molar-refractivity contribution in [3.05, 3.63) is 46.9 Å². The molecule has 23 heavy (non-hydrogen) atoms. The zero-order valence-electron chi connectivity index (χ0n) is 11.9. The number of hydrogen-bond acceptors (Lipinski definition) is 4. The molecule has 120 valence electrons. The van der Waals surface area contributed by atoms with E-state index in [0.717, 1.165) is 0 Å². The van der Waals surface area contributed by atoms with E-state index >= 15 is 0 Å². The van der Waals surface area contributed by atoms with Gasteiger partial charge in [0.05, 0.1) is 5.69 Å². The predicted molar refractivity (Wildman–Crippen MR) is 76.1 cm³/mol. The summed E-state index contributed by atoms with van der Waals surface area (Å²) in [5, 5.41) is 0. The highest BCUT2D eigenvalue weighted by Crippen LogP contribution is 2.26. The Labute approximate surface area is 127 Å². The van der Waals surface area contributed by atoms with E-state index in [1.165, 1.54) is 28.8 Å². The zero-order valence-corrected chi connectivity index (χ0v) is 11.9. The van der Waals surface area contributed by atoms with E-state index in [1.54, 1.807) is 19.1 Å². The highest BCUT2D eigenvalue weighted by atomic mass is 19.4. The van der Waals surface area contributed by atoms with Crippen molar-refractivity contribution >= 4 is 11.2 Å². The third kappa shape index (κ3) is 3.05. The van der Waals surface area contributed by atoms with Crippen LogP contribution >= 0.6 is 0 Å². The van der Waals surface area contributed by atoms with Gasteiger partial charge in [-0.05, 0) is 43.3 Å². The lowest BCUT2D eigenvalue weighted by Crippen LogP contribution is -2.16. The summed E-state index contributed by atoms with van der Waals surface area (Å²) < 4.78 is 46.7. The Kier molecular flexibility index (Phi) is 3.59. The highest BCUT2D eigenvalue weighted by molar-refractivity contribution is 5.73. The van der Waals surface area contributed by atoms with Crippen LogP contribution in [-0.2, 0) is 6.54 Å². The number of nitrogens with zero attached hydrogens (tertiary/aromatic N) is 2. The van der Waals surface area contributed by atoms with Gasteiger partial charge in [-0.2, -0.15) is 0 Å². The van der Waals surface area contributed by atoms with Crippen LogP contribution in [0.5, 0.6) is 5.75 Å². The summed E-state index contributed by atoms with van der Waals surface area (Å²) in [4.78, 5) is 16.0. The molecule has 0 bridgehead atoms. The average molecular weight is 324 g/mol. The fourth-order valence-corrected chi connectivity index (χ4v) is 2.21.